The smallest absolute Gasteiger partial charge is 0.416 e. The highest BCUT2D eigenvalue weighted by atomic mass is 19.4. The van der Waals surface area contributed by atoms with Gasteiger partial charge in [-0.3, -0.25) is 9.69 Å². The van der Waals surface area contributed by atoms with Crippen molar-refractivity contribution in [1.29, 1.82) is 0 Å². The lowest BCUT2D eigenvalue weighted by molar-refractivity contribution is -0.137. The normalized spacial score (nSPS) is 16.0. The van der Waals surface area contributed by atoms with E-state index >= 15 is 0 Å². The number of nitrogens with zero attached hydrogens (tertiary/aromatic N) is 2. The monoisotopic (exact) mass is 410 g/mol. The summed E-state index contributed by atoms with van der Waals surface area (Å²) in [7, 11) is 0. The van der Waals surface area contributed by atoms with Gasteiger partial charge < -0.3 is 9.64 Å². The van der Waals surface area contributed by atoms with Gasteiger partial charge in [0, 0.05) is 44.7 Å². The van der Waals surface area contributed by atoms with Gasteiger partial charge >= 0.3 is 6.18 Å². The van der Waals surface area contributed by atoms with Crippen LogP contribution in [-0.4, -0.2) is 48.5 Å². The van der Waals surface area contributed by atoms with Gasteiger partial charge in [0.1, 0.15) is 18.2 Å². The molecule has 1 aliphatic heterocycles. The number of carbonyl (C=O) groups excluding carboxylic acids is 1. The number of para-hydroxylation sites is 1. The van der Waals surface area contributed by atoms with E-state index in [9.17, 15) is 22.4 Å². The third kappa shape index (κ3) is 5.93. The van der Waals surface area contributed by atoms with Gasteiger partial charge in [-0.25, -0.2) is 4.39 Å². The molecule has 0 aliphatic carbocycles. The minimum atomic E-state index is -4.55. The molecule has 8 heteroatoms. The summed E-state index contributed by atoms with van der Waals surface area (Å²) in [4.78, 5) is 15.8. The number of rotatable bonds is 6. The molecule has 0 atom stereocenters. The minimum absolute atomic E-state index is 0.131. The first-order chi connectivity index (χ1) is 13.8. The van der Waals surface area contributed by atoms with Crippen LogP contribution in [0.15, 0.2) is 48.5 Å². The molecule has 1 amide bonds. The van der Waals surface area contributed by atoms with E-state index < -0.39 is 17.6 Å². The number of alkyl halides is 3. The Balaban J connectivity index is 1.56. The third-order valence-electron chi connectivity index (χ3n) is 4.83. The van der Waals surface area contributed by atoms with Crippen LogP contribution in [0.5, 0.6) is 5.75 Å². The molecule has 0 aromatic heterocycles. The van der Waals surface area contributed by atoms with E-state index in [1.54, 1.807) is 0 Å². The van der Waals surface area contributed by atoms with Gasteiger partial charge in [0.2, 0.25) is 5.91 Å². The molecule has 156 valence electrons. The fourth-order valence-corrected chi connectivity index (χ4v) is 3.19. The Hall–Kier alpha value is -2.61. The second-order valence-corrected chi connectivity index (χ2v) is 6.87. The summed E-state index contributed by atoms with van der Waals surface area (Å²) in [5.41, 5.74) is -1.05. The molecule has 1 saturated heterocycles. The average molecular weight is 410 g/mol. The van der Waals surface area contributed by atoms with Crippen LogP contribution >= 0.6 is 0 Å². The van der Waals surface area contributed by atoms with Crippen LogP contribution < -0.4 is 4.74 Å². The van der Waals surface area contributed by atoms with Crippen molar-refractivity contribution in [3.05, 3.63) is 65.5 Å². The molecule has 1 fully saturated rings. The molecule has 0 radical (unpaired) electrons. The van der Waals surface area contributed by atoms with Crippen LogP contribution in [0.1, 0.15) is 17.5 Å². The summed E-state index contributed by atoms with van der Waals surface area (Å²) in [6, 6.07) is 11.7. The van der Waals surface area contributed by atoms with Crippen molar-refractivity contribution in [1.82, 2.24) is 9.80 Å². The second kappa shape index (κ2) is 9.26. The Labute approximate surface area is 166 Å². The largest absolute Gasteiger partial charge is 0.492 e. The molecule has 0 unspecified atom stereocenters. The van der Waals surface area contributed by atoms with Crippen molar-refractivity contribution in [3.8, 4) is 5.75 Å². The van der Waals surface area contributed by atoms with Crippen LogP contribution in [-0.2, 0) is 17.5 Å². The lowest BCUT2D eigenvalue weighted by Gasteiger charge is -2.23. The predicted octanol–water partition coefficient (Wildman–Crippen LogP) is 3.96. The number of carbonyl (C=O) groups is 1. The van der Waals surface area contributed by atoms with E-state index in [0.717, 1.165) is 17.9 Å². The maximum Gasteiger partial charge on any atom is 0.416 e. The van der Waals surface area contributed by atoms with Gasteiger partial charge in [-0.15, -0.1) is 0 Å². The van der Waals surface area contributed by atoms with Crippen molar-refractivity contribution in [2.24, 2.45) is 0 Å². The van der Waals surface area contributed by atoms with E-state index in [1.165, 1.54) is 4.90 Å². The van der Waals surface area contributed by atoms with E-state index in [0.29, 0.717) is 38.9 Å². The summed E-state index contributed by atoms with van der Waals surface area (Å²) in [5, 5.41) is 0. The molecule has 2 aromatic carbocycles. The molecule has 3 rings (SSSR count). The van der Waals surface area contributed by atoms with Crippen molar-refractivity contribution in [2.45, 2.75) is 19.1 Å². The fraction of sp³-hybridized carbons (Fsp3) is 0.381. The summed E-state index contributed by atoms with van der Waals surface area (Å²) in [6.45, 7) is 2.29. The van der Waals surface area contributed by atoms with Gasteiger partial charge in [-0.2, -0.15) is 13.2 Å². The Morgan fingerprint density at radius 1 is 1.00 bits per heavy atom. The van der Waals surface area contributed by atoms with Gasteiger partial charge in [-0.1, -0.05) is 18.2 Å². The van der Waals surface area contributed by atoms with Gasteiger partial charge in [0.25, 0.3) is 0 Å². The maximum absolute atomic E-state index is 14.0. The van der Waals surface area contributed by atoms with Crippen molar-refractivity contribution < 1.29 is 27.1 Å². The minimum Gasteiger partial charge on any atom is -0.492 e. The highest BCUT2D eigenvalue weighted by Crippen LogP contribution is 2.30. The Morgan fingerprint density at radius 3 is 2.48 bits per heavy atom. The number of ether oxygens (including phenoxy) is 1. The molecule has 1 aliphatic rings. The zero-order valence-electron chi connectivity index (χ0n) is 15.8. The summed E-state index contributed by atoms with van der Waals surface area (Å²) < 4.78 is 58.3. The quantitative estimate of drug-likeness (QED) is 0.676. The predicted molar refractivity (Wildman–Crippen MR) is 99.8 cm³/mol. The van der Waals surface area contributed by atoms with Crippen LogP contribution in [0.25, 0.3) is 0 Å². The van der Waals surface area contributed by atoms with E-state index in [4.69, 9.17) is 4.74 Å². The molecule has 0 spiro atoms. The average Bonchev–Trinajstić information content (AvgIpc) is 2.86. The van der Waals surface area contributed by atoms with Gasteiger partial charge in [0.05, 0.1) is 5.56 Å². The molecule has 29 heavy (non-hydrogen) atoms. The van der Waals surface area contributed by atoms with Crippen LogP contribution in [0.2, 0.25) is 0 Å². The molecular formula is C21H22F4N2O2. The van der Waals surface area contributed by atoms with Crippen molar-refractivity contribution in [3.63, 3.8) is 0 Å². The molecule has 0 N–H and O–H groups in total. The Bertz CT molecular complexity index is 827. The molecule has 0 saturated carbocycles. The van der Waals surface area contributed by atoms with Crippen LogP contribution in [0.3, 0.4) is 0 Å². The first kappa shape index (κ1) is 21.1. The van der Waals surface area contributed by atoms with E-state index in [1.807, 2.05) is 30.3 Å². The number of hydrogen-bond acceptors (Lipinski definition) is 3. The van der Waals surface area contributed by atoms with Crippen LogP contribution in [0.4, 0.5) is 17.6 Å². The number of amides is 1. The highest BCUT2D eigenvalue weighted by molar-refractivity contribution is 5.76. The molecule has 1 heterocycles. The number of halogens is 4. The summed E-state index contributed by atoms with van der Waals surface area (Å²) >= 11 is 0. The molecule has 0 bridgehead atoms. The van der Waals surface area contributed by atoms with E-state index in [-0.39, 0.29) is 24.4 Å². The summed E-state index contributed by atoms with van der Waals surface area (Å²) in [5.74, 6) is -0.184. The standard InChI is InChI=1S/C21H22F4N2O2/c22-19-7-6-17(21(23,24)25)14-16(19)15-27-11-10-26(9-8-20(27)28)12-13-29-18-4-2-1-3-5-18/h1-7,14H,8-13,15H2. The van der Waals surface area contributed by atoms with Crippen molar-refractivity contribution >= 4 is 5.91 Å². The molecular weight excluding hydrogens is 388 g/mol. The summed E-state index contributed by atoms with van der Waals surface area (Å²) in [6.07, 6.45) is -4.33. The fourth-order valence-electron chi connectivity index (χ4n) is 3.19. The lowest BCUT2D eigenvalue weighted by atomic mass is 10.1. The van der Waals surface area contributed by atoms with Gasteiger partial charge in [-0.05, 0) is 30.3 Å². The molecule has 2 aromatic rings. The lowest BCUT2D eigenvalue weighted by Crippen LogP contribution is -2.34. The van der Waals surface area contributed by atoms with Gasteiger partial charge in [0.15, 0.2) is 0 Å². The highest BCUT2D eigenvalue weighted by Gasteiger charge is 2.31. The first-order valence-electron chi connectivity index (χ1n) is 9.36. The SMILES string of the molecule is O=C1CCN(CCOc2ccccc2)CCN1Cc1cc(C(F)(F)F)ccc1F. The second-order valence-electron chi connectivity index (χ2n) is 6.87. The number of benzene rings is 2. The first-order valence-corrected chi connectivity index (χ1v) is 9.36. The zero-order chi connectivity index (χ0) is 20.9. The number of hydrogen-bond donors (Lipinski definition) is 0. The zero-order valence-corrected chi connectivity index (χ0v) is 15.8. The van der Waals surface area contributed by atoms with Crippen LogP contribution in [0, 0.1) is 5.82 Å². The topological polar surface area (TPSA) is 32.8 Å². The maximum atomic E-state index is 14.0. The van der Waals surface area contributed by atoms with Crippen molar-refractivity contribution in [2.75, 3.05) is 32.8 Å². The Kier molecular flexibility index (Phi) is 6.74. The van der Waals surface area contributed by atoms with E-state index in [2.05, 4.69) is 4.90 Å². The molecule has 4 nitrogen and oxygen atoms in total. The Morgan fingerprint density at radius 2 is 1.76 bits per heavy atom. The third-order valence-corrected chi connectivity index (χ3v) is 4.83.